The number of amides is 1. The van der Waals surface area contributed by atoms with Crippen molar-refractivity contribution in [3.05, 3.63) is 72.8 Å². The topological polar surface area (TPSA) is 79.4 Å². The molecule has 3 rings (SSSR count). The molecule has 1 heterocycles. The molecule has 0 aliphatic carbocycles. The molecule has 6 nitrogen and oxygen atoms in total. The summed E-state index contributed by atoms with van der Waals surface area (Å²) >= 11 is 0. The molecular formula is C27H37N3O3Si. The molecule has 3 aromatic rings. The fourth-order valence-electron chi connectivity index (χ4n) is 3.50. The molecule has 0 radical (unpaired) electrons. The number of carbonyl (C=O) groups excluding carboxylic acids is 1. The normalized spacial score (nSPS) is 13.0. The summed E-state index contributed by atoms with van der Waals surface area (Å²) in [4.78, 5) is 15.5. The Hall–Kier alpha value is -2.90. The van der Waals surface area contributed by atoms with Gasteiger partial charge in [0.2, 0.25) is 0 Å². The van der Waals surface area contributed by atoms with Crippen LogP contribution in [0.25, 0.3) is 11.1 Å². The maximum atomic E-state index is 11.4. The van der Waals surface area contributed by atoms with Gasteiger partial charge in [0.05, 0.1) is 19.0 Å². The zero-order chi connectivity index (χ0) is 24.8. The van der Waals surface area contributed by atoms with E-state index in [0.717, 1.165) is 24.2 Å². The molecule has 2 aromatic carbocycles. The minimum Gasteiger partial charge on any atom is -0.494 e. The number of benzene rings is 2. The molecule has 0 aliphatic heterocycles. The Bertz CT molecular complexity index is 1070. The molecule has 0 bridgehead atoms. The highest BCUT2D eigenvalue weighted by molar-refractivity contribution is 6.74. The molecule has 2 N–H and O–H groups in total. The summed E-state index contributed by atoms with van der Waals surface area (Å²) < 4.78 is 14.7. The van der Waals surface area contributed by atoms with Crippen LogP contribution in [0.15, 0.2) is 67.1 Å². The molecule has 0 aliphatic rings. The van der Waals surface area contributed by atoms with Crippen molar-refractivity contribution < 1.29 is 14.0 Å². The van der Waals surface area contributed by atoms with Crippen molar-refractivity contribution in [1.82, 2.24) is 9.55 Å². The molecule has 0 saturated carbocycles. The highest BCUT2D eigenvalue weighted by Gasteiger charge is 2.39. The van der Waals surface area contributed by atoms with Gasteiger partial charge in [-0.15, -0.1) is 0 Å². The van der Waals surface area contributed by atoms with Gasteiger partial charge in [-0.25, -0.2) is 4.98 Å². The first-order chi connectivity index (χ1) is 16.0. The van der Waals surface area contributed by atoms with Crippen LogP contribution >= 0.6 is 0 Å². The molecule has 34 heavy (non-hydrogen) atoms. The predicted molar refractivity (Wildman–Crippen MR) is 139 cm³/mol. The molecule has 7 heteroatoms. The van der Waals surface area contributed by atoms with Gasteiger partial charge in [-0.05, 0) is 54.2 Å². The van der Waals surface area contributed by atoms with Crippen LogP contribution in [0.2, 0.25) is 18.1 Å². The molecular weight excluding hydrogens is 442 g/mol. The van der Waals surface area contributed by atoms with Crippen molar-refractivity contribution in [2.24, 2.45) is 5.73 Å². The molecule has 182 valence electrons. The Labute approximate surface area is 204 Å². The molecule has 0 unspecified atom stereocenters. The average molecular weight is 480 g/mol. The van der Waals surface area contributed by atoms with Crippen LogP contribution in [-0.4, -0.2) is 36.5 Å². The highest BCUT2D eigenvalue weighted by Crippen LogP contribution is 2.38. The van der Waals surface area contributed by atoms with Crippen molar-refractivity contribution in [1.29, 1.82) is 0 Å². The third-order valence-electron chi connectivity index (χ3n) is 6.45. The number of hydrogen-bond donors (Lipinski definition) is 1. The van der Waals surface area contributed by atoms with E-state index in [0.29, 0.717) is 13.2 Å². The van der Waals surface area contributed by atoms with E-state index in [9.17, 15) is 4.79 Å². The Kier molecular flexibility index (Phi) is 8.33. The second-order valence-corrected chi connectivity index (χ2v) is 15.0. The van der Waals surface area contributed by atoms with Gasteiger partial charge in [0.1, 0.15) is 11.4 Å². The Morgan fingerprint density at radius 2 is 1.79 bits per heavy atom. The first-order valence-corrected chi connectivity index (χ1v) is 14.7. The van der Waals surface area contributed by atoms with E-state index < -0.39 is 14.2 Å². The first-order valence-electron chi connectivity index (χ1n) is 11.8. The molecule has 0 saturated heterocycles. The number of nitrogens with two attached hydrogens (primary N) is 1. The molecule has 0 spiro atoms. The second-order valence-electron chi connectivity index (χ2n) is 10.2. The SMILES string of the molecule is CC(C)(C)[Si](C)(C)O[C@@H](CCCOc1cccc(-c2ccccc2)c1)Cn1cnc(C(N)=O)c1. The second kappa shape index (κ2) is 11.0. The van der Waals surface area contributed by atoms with Crippen LogP contribution < -0.4 is 10.5 Å². The van der Waals surface area contributed by atoms with E-state index in [1.54, 1.807) is 12.5 Å². The number of hydrogen-bond acceptors (Lipinski definition) is 4. The summed E-state index contributed by atoms with van der Waals surface area (Å²) in [6, 6.07) is 18.5. The van der Waals surface area contributed by atoms with Gasteiger partial charge < -0.3 is 19.5 Å². The maximum Gasteiger partial charge on any atom is 0.268 e. The third-order valence-corrected chi connectivity index (χ3v) is 11.0. The van der Waals surface area contributed by atoms with Gasteiger partial charge in [0.15, 0.2) is 8.32 Å². The van der Waals surface area contributed by atoms with Crippen LogP contribution in [0.4, 0.5) is 0 Å². The standard InChI is InChI=1S/C27H37N3O3Si/c1-27(2,3)34(4,5)33-24(18-30-19-25(26(28)31)29-20-30)15-10-16-32-23-14-9-13-22(17-23)21-11-7-6-8-12-21/h6-9,11-14,17,19-20,24H,10,15-16,18H2,1-5H3,(H2,28,31)/t24-/m0/s1. The number of primary amides is 1. The van der Waals surface area contributed by atoms with Gasteiger partial charge in [-0.3, -0.25) is 4.79 Å². The van der Waals surface area contributed by atoms with Gasteiger partial charge in [0.25, 0.3) is 5.91 Å². The monoisotopic (exact) mass is 479 g/mol. The minimum atomic E-state index is -1.97. The molecule has 1 aromatic heterocycles. The maximum absolute atomic E-state index is 11.4. The fourth-order valence-corrected chi connectivity index (χ4v) is 4.88. The van der Waals surface area contributed by atoms with Crippen molar-refractivity contribution in [3.8, 4) is 16.9 Å². The Balaban J connectivity index is 1.61. The quantitative estimate of drug-likeness (QED) is 0.274. The van der Waals surface area contributed by atoms with E-state index in [-0.39, 0.29) is 16.8 Å². The van der Waals surface area contributed by atoms with Crippen LogP contribution in [-0.2, 0) is 11.0 Å². The zero-order valence-electron chi connectivity index (χ0n) is 21.0. The number of rotatable bonds is 11. The number of ether oxygens (including phenoxy) is 1. The van der Waals surface area contributed by atoms with Crippen molar-refractivity contribution in [2.45, 2.75) is 64.4 Å². The molecule has 0 fully saturated rings. The van der Waals surface area contributed by atoms with Crippen molar-refractivity contribution >= 4 is 14.2 Å². The van der Waals surface area contributed by atoms with Crippen LogP contribution in [0.1, 0.15) is 44.1 Å². The van der Waals surface area contributed by atoms with Gasteiger partial charge in [-0.2, -0.15) is 0 Å². The van der Waals surface area contributed by atoms with Gasteiger partial charge >= 0.3 is 0 Å². The van der Waals surface area contributed by atoms with Crippen LogP contribution in [0.3, 0.4) is 0 Å². The number of nitrogens with zero attached hydrogens (tertiary/aromatic N) is 2. The van der Waals surface area contributed by atoms with E-state index in [2.05, 4.69) is 63.1 Å². The summed E-state index contributed by atoms with van der Waals surface area (Å²) in [7, 11) is -1.97. The molecule has 1 atom stereocenters. The van der Waals surface area contributed by atoms with Crippen molar-refractivity contribution in [2.75, 3.05) is 6.61 Å². The summed E-state index contributed by atoms with van der Waals surface area (Å²) in [6.07, 6.45) is 5.03. The van der Waals surface area contributed by atoms with E-state index in [1.807, 2.05) is 34.9 Å². The number of carbonyl (C=O) groups is 1. The summed E-state index contributed by atoms with van der Waals surface area (Å²) in [5, 5.41) is 0.104. The zero-order valence-corrected chi connectivity index (χ0v) is 22.0. The first kappa shape index (κ1) is 25.7. The summed E-state index contributed by atoms with van der Waals surface area (Å²) in [6.45, 7) is 12.5. The highest BCUT2D eigenvalue weighted by atomic mass is 28.4. The van der Waals surface area contributed by atoms with E-state index in [4.69, 9.17) is 14.9 Å². The van der Waals surface area contributed by atoms with Crippen LogP contribution in [0, 0.1) is 0 Å². The minimum absolute atomic E-state index is 0.00456. The van der Waals surface area contributed by atoms with Gasteiger partial charge in [-0.1, -0.05) is 63.2 Å². The average Bonchev–Trinajstić information content (AvgIpc) is 3.25. The smallest absolute Gasteiger partial charge is 0.268 e. The Morgan fingerprint density at radius 3 is 2.44 bits per heavy atom. The summed E-state index contributed by atoms with van der Waals surface area (Å²) in [5.74, 6) is 0.343. The van der Waals surface area contributed by atoms with Crippen molar-refractivity contribution in [3.63, 3.8) is 0 Å². The summed E-state index contributed by atoms with van der Waals surface area (Å²) in [5.41, 5.74) is 7.95. The van der Waals surface area contributed by atoms with Gasteiger partial charge in [0, 0.05) is 12.7 Å². The lowest BCUT2D eigenvalue weighted by atomic mass is 10.1. The largest absolute Gasteiger partial charge is 0.494 e. The lowest BCUT2D eigenvalue weighted by Gasteiger charge is -2.39. The van der Waals surface area contributed by atoms with Crippen LogP contribution in [0.5, 0.6) is 5.75 Å². The van der Waals surface area contributed by atoms with E-state index in [1.165, 1.54) is 5.56 Å². The molecule has 1 amide bonds. The van der Waals surface area contributed by atoms with E-state index >= 15 is 0 Å². The predicted octanol–water partition coefficient (Wildman–Crippen LogP) is 5.90. The lowest BCUT2D eigenvalue weighted by Crippen LogP contribution is -2.45. The number of imidazole rings is 1. The lowest BCUT2D eigenvalue weighted by molar-refractivity contribution is 0.0995. The third kappa shape index (κ3) is 7.05. The fraction of sp³-hybridized carbons (Fsp3) is 0.407. The Morgan fingerprint density at radius 1 is 1.09 bits per heavy atom. The number of aromatic nitrogens is 2.